The van der Waals surface area contributed by atoms with Gasteiger partial charge in [-0.3, -0.25) is 0 Å². The molecule has 1 fully saturated rings. The van der Waals surface area contributed by atoms with Crippen molar-refractivity contribution in [3.8, 4) is 0 Å². The van der Waals surface area contributed by atoms with E-state index in [9.17, 15) is 42.1 Å². The third-order valence-electron chi connectivity index (χ3n) is 4.55. The molecule has 10 nitrogen and oxygen atoms in total. The van der Waals surface area contributed by atoms with Crippen LogP contribution in [0, 0.1) is 17.3 Å². The van der Waals surface area contributed by atoms with E-state index >= 15 is 0 Å². The van der Waals surface area contributed by atoms with Crippen molar-refractivity contribution in [1.29, 1.82) is 0 Å². The van der Waals surface area contributed by atoms with Crippen molar-refractivity contribution in [1.82, 2.24) is 0 Å². The van der Waals surface area contributed by atoms with Gasteiger partial charge in [0.15, 0.2) is 9.84 Å². The average molecular weight is 652 g/mol. The van der Waals surface area contributed by atoms with Gasteiger partial charge in [0.05, 0.1) is 17.3 Å². The Kier molecular flexibility index (Phi) is 14.6. The van der Waals surface area contributed by atoms with Crippen molar-refractivity contribution in [2.75, 3.05) is 17.3 Å². The van der Waals surface area contributed by atoms with Crippen LogP contribution in [-0.4, -0.2) is 59.3 Å². The minimum atomic E-state index is -2.98. The van der Waals surface area contributed by atoms with Crippen molar-refractivity contribution in [2.24, 2.45) is 0 Å². The zero-order valence-electron chi connectivity index (χ0n) is 21.3. The molecule has 5 rings (SSSR count). The van der Waals surface area contributed by atoms with Crippen LogP contribution in [0.3, 0.4) is 0 Å². The van der Waals surface area contributed by atoms with E-state index in [1.54, 1.807) is 30.4 Å². The summed E-state index contributed by atoms with van der Waals surface area (Å²) >= 11 is 0. The zero-order chi connectivity index (χ0) is 30.2. The highest BCUT2D eigenvalue weighted by molar-refractivity contribution is 7.97. The van der Waals surface area contributed by atoms with Crippen molar-refractivity contribution in [3.05, 3.63) is 112 Å². The molecule has 0 aromatic heterocycles. The molecule has 5 aliphatic heterocycles. The van der Waals surface area contributed by atoms with Crippen molar-refractivity contribution in [3.63, 3.8) is 0 Å². The summed E-state index contributed by atoms with van der Waals surface area (Å²) in [5.41, 5.74) is 0. The standard InChI is InChI=1S/C5H10O2S.C5H6O2S.3C5H5O2S/c5*6-8(7)4-2-1-3-5-8/h1-5H2;1-4H,5H2;3*1-5H/q;;3*-1. The normalized spacial score (nSPS) is 23.7. The Morgan fingerprint density at radius 1 is 0.425 bits per heavy atom. The first-order valence-electron chi connectivity index (χ1n) is 11.6. The summed E-state index contributed by atoms with van der Waals surface area (Å²) in [6, 6.07) is 0. The number of rotatable bonds is 0. The van der Waals surface area contributed by atoms with E-state index in [1.165, 1.54) is 47.9 Å². The minimum absolute atomic E-state index is 0.156. The lowest BCUT2D eigenvalue weighted by atomic mass is 10.3. The summed E-state index contributed by atoms with van der Waals surface area (Å²) < 4.78 is 105. The highest BCUT2D eigenvalue weighted by Gasteiger charge is 2.14. The Morgan fingerprint density at radius 2 is 0.800 bits per heavy atom. The molecule has 0 bridgehead atoms. The minimum Gasteiger partial charge on any atom is -0.239 e. The van der Waals surface area contributed by atoms with Gasteiger partial charge in [0.2, 0.25) is 0 Å². The molecule has 1 saturated heterocycles. The first-order chi connectivity index (χ1) is 18.5. The van der Waals surface area contributed by atoms with Crippen molar-refractivity contribution < 1.29 is 42.1 Å². The van der Waals surface area contributed by atoms with Gasteiger partial charge in [-0.05, 0) is 29.1 Å². The Labute approximate surface area is 238 Å². The van der Waals surface area contributed by atoms with Crippen LogP contribution in [0.25, 0.3) is 0 Å². The lowest BCUT2D eigenvalue weighted by molar-refractivity contribution is 0.575. The molecule has 0 aromatic rings. The van der Waals surface area contributed by atoms with Gasteiger partial charge < -0.3 is 0 Å². The van der Waals surface area contributed by atoms with Gasteiger partial charge in [0.1, 0.15) is 39.3 Å². The van der Waals surface area contributed by atoms with Crippen molar-refractivity contribution in [2.45, 2.75) is 19.3 Å². The largest absolute Gasteiger partial charge is 0.239 e. The maximum atomic E-state index is 10.7. The number of hydrogen-bond acceptors (Lipinski definition) is 10. The number of allylic oxidation sites excluding steroid dienone is 8. The fourth-order valence-corrected chi connectivity index (χ4v) is 7.11. The molecule has 5 aliphatic rings. The predicted molar refractivity (Wildman–Crippen MR) is 159 cm³/mol. The van der Waals surface area contributed by atoms with Crippen LogP contribution in [0.1, 0.15) is 19.3 Å². The molecule has 5 heterocycles. The molecule has 0 saturated carbocycles. The van der Waals surface area contributed by atoms with Gasteiger partial charge in [-0.2, -0.15) is 0 Å². The summed E-state index contributed by atoms with van der Waals surface area (Å²) in [5, 5.41) is 4.69. The quantitative estimate of drug-likeness (QED) is 0.355. The Bertz CT molecular complexity index is 1390. The van der Waals surface area contributed by atoms with Crippen LogP contribution < -0.4 is 0 Å². The number of sulfone groups is 5. The smallest absolute Gasteiger partial charge is 0.175 e. The van der Waals surface area contributed by atoms with Crippen LogP contribution in [-0.2, 0) is 49.2 Å². The summed E-state index contributed by atoms with van der Waals surface area (Å²) in [6.07, 6.45) is 21.7. The highest BCUT2D eigenvalue weighted by Crippen LogP contribution is 2.09. The molecule has 224 valence electrons. The summed E-state index contributed by atoms with van der Waals surface area (Å²) in [6.45, 7) is 0. The Balaban J connectivity index is 0.000000250. The number of hydrogen-bond donors (Lipinski definition) is 0. The molecule has 0 N–H and O–H groups in total. The second-order valence-corrected chi connectivity index (χ2v) is 17.5. The highest BCUT2D eigenvalue weighted by atomic mass is 32.2. The average Bonchev–Trinajstić information content (AvgIpc) is 2.85. The van der Waals surface area contributed by atoms with Gasteiger partial charge in [-0.1, -0.05) is 24.6 Å². The molecule has 0 unspecified atom stereocenters. The van der Waals surface area contributed by atoms with Crippen LogP contribution >= 0.6 is 0 Å². The van der Waals surface area contributed by atoms with Crippen LogP contribution in [0.5, 0.6) is 0 Å². The van der Waals surface area contributed by atoms with E-state index in [2.05, 4.69) is 0 Å². The molecule has 0 radical (unpaired) electrons. The van der Waals surface area contributed by atoms with Gasteiger partial charge in [0, 0.05) is 5.41 Å². The monoisotopic (exact) mass is 651 g/mol. The third-order valence-corrected chi connectivity index (χ3v) is 10.8. The van der Waals surface area contributed by atoms with E-state index < -0.39 is 49.2 Å². The fourth-order valence-electron chi connectivity index (χ4n) is 2.67. The Hall–Kier alpha value is -2.72. The van der Waals surface area contributed by atoms with E-state index in [0.29, 0.717) is 11.5 Å². The zero-order valence-corrected chi connectivity index (χ0v) is 25.4. The third kappa shape index (κ3) is 18.5. The van der Waals surface area contributed by atoms with E-state index in [1.807, 2.05) is 0 Å². The van der Waals surface area contributed by atoms with Gasteiger partial charge in [-0.25, -0.2) is 78.5 Å². The maximum Gasteiger partial charge on any atom is 0.175 e. The van der Waals surface area contributed by atoms with Gasteiger partial charge >= 0.3 is 0 Å². The van der Waals surface area contributed by atoms with E-state index in [0.717, 1.165) is 52.7 Å². The lowest BCUT2D eigenvalue weighted by Crippen LogP contribution is -2.15. The van der Waals surface area contributed by atoms with Crippen LogP contribution in [0.4, 0.5) is 0 Å². The van der Waals surface area contributed by atoms with E-state index in [-0.39, 0.29) is 5.75 Å². The molecular weight excluding hydrogens is 621 g/mol. The molecule has 0 atom stereocenters. The van der Waals surface area contributed by atoms with E-state index in [4.69, 9.17) is 0 Å². The topological polar surface area (TPSA) is 171 Å². The molecule has 0 spiro atoms. The first kappa shape index (κ1) is 35.3. The first-order valence-corrected chi connectivity index (χ1v) is 20.0. The molecule has 40 heavy (non-hydrogen) atoms. The molecule has 15 heteroatoms. The Morgan fingerprint density at radius 3 is 0.950 bits per heavy atom. The van der Waals surface area contributed by atoms with Gasteiger partial charge in [0.25, 0.3) is 0 Å². The van der Waals surface area contributed by atoms with Crippen LogP contribution in [0.2, 0.25) is 0 Å². The second-order valence-electron chi connectivity index (χ2n) is 8.11. The summed E-state index contributed by atoms with van der Waals surface area (Å²) in [5.74, 6) is 4.48. The SMILES string of the molecule is O=S1(=O)C=CC=CC1.O=S1(=O)C=CC=C[CH-]1.O=S1(=O)C=CC=C[CH-]1.O=S1(=O)C=CC=C[CH-]1.O=S1(=O)CCCCC1. The molecule has 0 aromatic carbocycles. The summed E-state index contributed by atoms with van der Waals surface area (Å²) in [4.78, 5) is 0. The van der Waals surface area contributed by atoms with Crippen molar-refractivity contribution >= 4 is 49.2 Å². The lowest BCUT2D eigenvalue weighted by Gasteiger charge is -2.08. The predicted octanol–water partition coefficient (Wildman–Crippen LogP) is 3.01. The fraction of sp³-hybridized carbons (Fsp3) is 0.240. The maximum absolute atomic E-state index is 10.7. The molecular formula is C25H31O10S5-3. The van der Waals surface area contributed by atoms with Gasteiger partial charge in [-0.15, -0.1) is 35.5 Å². The van der Waals surface area contributed by atoms with Crippen LogP contribution in [0.15, 0.2) is 94.5 Å². The molecule has 0 amide bonds. The molecule has 0 aliphatic carbocycles. The summed E-state index contributed by atoms with van der Waals surface area (Å²) in [7, 11) is -14.4. The second kappa shape index (κ2) is 16.5.